The molecule has 7 heteroatoms. The standard InChI is InChI=1S/C22H23N5OS/c1-3-15-5-4-6-16(13-15)25-22(28)26(2)17-7-9-18(10-8-17)27-14-24-21-19(20(27)23)11-12-29-21/h4-13H,3,14,23H2,1-2H3,(H,25,28). The molecule has 148 valence electrons. The van der Waals surface area contributed by atoms with E-state index in [-0.39, 0.29) is 6.03 Å². The molecule has 3 N–H and O–H groups in total. The van der Waals surface area contributed by atoms with Crippen molar-refractivity contribution < 1.29 is 4.79 Å². The molecule has 0 saturated carbocycles. The van der Waals surface area contributed by atoms with Crippen molar-refractivity contribution in [2.24, 2.45) is 10.7 Å². The Morgan fingerprint density at radius 1 is 1.24 bits per heavy atom. The van der Waals surface area contributed by atoms with E-state index in [1.807, 2.05) is 64.9 Å². The second kappa shape index (κ2) is 7.97. The number of thiophene rings is 1. The smallest absolute Gasteiger partial charge is 0.326 e. The van der Waals surface area contributed by atoms with Gasteiger partial charge in [-0.15, -0.1) is 11.3 Å². The highest BCUT2D eigenvalue weighted by atomic mass is 32.1. The second-order valence-corrected chi connectivity index (χ2v) is 7.71. The molecule has 29 heavy (non-hydrogen) atoms. The second-order valence-electron chi connectivity index (χ2n) is 6.81. The summed E-state index contributed by atoms with van der Waals surface area (Å²) in [7, 11) is 1.75. The number of carbonyl (C=O) groups is 1. The first-order valence-corrected chi connectivity index (χ1v) is 10.3. The highest BCUT2D eigenvalue weighted by Gasteiger charge is 2.16. The predicted octanol–water partition coefficient (Wildman–Crippen LogP) is 3.10. The molecule has 0 radical (unpaired) electrons. The molecule has 0 aliphatic carbocycles. The number of benzene rings is 2. The summed E-state index contributed by atoms with van der Waals surface area (Å²) in [6.07, 6.45) is 0.927. The molecule has 1 aliphatic heterocycles. The highest BCUT2D eigenvalue weighted by Crippen LogP contribution is 2.23. The Balaban J connectivity index is 1.49. The average molecular weight is 406 g/mol. The van der Waals surface area contributed by atoms with E-state index in [1.54, 1.807) is 23.3 Å². The van der Waals surface area contributed by atoms with E-state index in [2.05, 4.69) is 17.2 Å². The van der Waals surface area contributed by atoms with Gasteiger partial charge in [0, 0.05) is 24.1 Å². The van der Waals surface area contributed by atoms with Crippen molar-refractivity contribution in [2.75, 3.05) is 28.8 Å². The first-order valence-electron chi connectivity index (χ1n) is 9.46. The van der Waals surface area contributed by atoms with Crippen molar-refractivity contribution in [1.82, 2.24) is 0 Å². The maximum Gasteiger partial charge on any atom is 0.326 e. The number of hydrogen-bond donors (Lipinski definition) is 2. The molecule has 2 amide bonds. The third-order valence-electron chi connectivity index (χ3n) is 5.01. The molecule has 0 atom stereocenters. The Morgan fingerprint density at radius 3 is 2.79 bits per heavy atom. The number of anilines is 3. The topological polar surface area (TPSA) is 74.0 Å². The number of nitrogens with zero attached hydrogens (tertiary/aromatic N) is 3. The van der Waals surface area contributed by atoms with E-state index in [4.69, 9.17) is 5.73 Å². The van der Waals surface area contributed by atoms with Crippen molar-refractivity contribution in [2.45, 2.75) is 13.3 Å². The molecule has 2 heterocycles. The molecule has 3 aromatic rings. The minimum Gasteiger partial charge on any atom is -0.384 e. The molecule has 0 fully saturated rings. The first kappa shape index (κ1) is 19.0. The third kappa shape index (κ3) is 3.82. The fourth-order valence-electron chi connectivity index (χ4n) is 3.25. The van der Waals surface area contributed by atoms with Gasteiger partial charge in [0.25, 0.3) is 0 Å². The number of nitrogens with one attached hydrogen (secondary N) is 1. The number of fused-ring (bicyclic) bond motifs is 1. The normalized spacial score (nSPS) is 12.9. The van der Waals surface area contributed by atoms with Crippen molar-refractivity contribution >= 4 is 40.3 Å². The zero-order valence-corrected chi connectivity index (χ0v) is 17.2. The van der Waals surface area contributed by atoms with Gasteiger partial charge in [0.1, 0.15) is 17.2 Å². The predicted molar refractivity (Wildman–Crippen MR) is 120 cm³/mol. The zero-order valence-electron chi connectivity index (χ0n) is 16.4. The van der Waals surface area contributed by atoms with E-state index in [9.17, 15) is 4.79 Å². The molecule has 1 aromatic heterocycles. The van der Waals surface area contributed by atoms with E-state index in [0.717, 1.165) is 33.4 Å². The van der Waals surface area contributed by atoms with E-state index < -0.39 is 0 Å². The number of hydrogen-bond acceptors (Lipinski definition) is 5. The average Bonchev–Trinajstić information content (AvgIpc) is 3.23. The van der Waals surface area contributed by atoms with Gasteiger partial charge in [-0.2, -0.15) is 0 Å². The lowest BCUT2D eigenvalue weighted by Gasteiger charge is -2.25. The maximum atomic E-state index is 12.6. The van der Waals surface area contributed by atoms with Gasteiger partial charge in [0.05, 0.1) is 5.22 Å². The minimum absolute atomic E-state index is 0.187. The maximum absolute atomic E-state index is 12.6. The number of amides is 2. The summed E-state index contributed by atoms with van der Waals surface area (Å²) >= 11 is 1.59. The van der Waals surface area contributed by atoms with Crippen LogP contribution in [-0.2, 0) is 6.42 Å². The Hall–Kier alpha value is -3.32. The lowest BCUT2D eigenvalue weighted by molar-refractivity contribution is 0.258. The van der Waals surface area contributed by atoms with Crippen LogP contribution in [0.1, 0.15) is 12.5 Å². The van der Waals surface area contributed by atoms with Crippen LogP contribution >= 0.6 is 11.3 Å². The number of urea groups is 1. The number of aryl methyl sites for hydroxylation is 1. The van der Waals surface area contributed by atoms with Gasteiger partial charge in [-0.25, -0.2) is 4.79 Å². The molecule has 0 saturated heterocycles. The van der Waals surface area contributed by atoms with Crippen LogP contribution in [-0.4, -0.2) is 19.7 Å². The third-order valence-corrected chi connectivity index (χ3v) is 5.85. The molecular formula is C22H23N5OS. The van der Waals surface area contributed by atoms with Crippen LogP contribution in [0.3, 0.4) is 0 Å². The van der Waals surface area contributed by atoms with Crippen LogP contribution in [0, 0.1) is 0 Å². The largest absolute Gasteiger partial charge is 0.384 e. The summed E-state index contributed by atoms with van der Waals surface area (Å²) in [4.78, 5) is 20.8. The lowest BCUT2D eigenvalue weighted by atomic mass is 10.1. The summed E-state index contributed by atoms with van der Waals surface area (Å²) in [5.41, 5.74) is 10.0. The van der Waals surface area contributed by atoms with Crippen LogP contribution in [0.5, 0.6) is 0 Å². The molecule has 6 nitrogen and oxygen atoms in total. The van der Waals surface area contributed by atoms with Crippen molar-refractivity contribution in [1.29, 1.82) is 0 Å². The Labute approximate surface area is 173 Å². The fourth-order valence-corrected chi connectivity index (χ4v) is 4.01. The number of carbonyl (C=O) groups excluding carboxylic acids is 1. The van der Waals surface area contributed by atoms with Crippen LogP contribution in [0.2, 0.25) is 0 Å². The molecule has 0 bridgehead atoms. The van der Waals surface area contributed by atoms with Crippen LogP contribution in [0.15, 0.2) is 65.0 Å². The summed E-state index contributed by atoms with van der Waals surface area (Å²) < 4.78 is 0.971. The van der Waals surface area contributed by atoms with Gasteiger partial charge in [0.2, 0.25) is 0 Å². The quantitative estimate of drug-likeness (QED) is 0.700. The van der Waals surface area contributed by atoms with Crippen molar-refractivity contribution in [3.63, 3.8) is 0 Å². The molecular weight excluding hydrogens is 382 g/mol. The Kier molecular flexibility index (Phi) is 5.22. The zero-order chi connectivity index (χ0) is 20.4. The van der Waals surface area contributed by atoms with Gasteiger partial charge >= 0.3 is 6.03 Å². The molecule has 0 spiro atoms. The van der Waals surface area contributed by atoms with Crippen LogP contribution in [0.25, 0.3) is 5.82 Å². The van der Waals surface area contributed by atoms with Gasteiger partial charge in [-0.3, -0.25) is 9.89 Å². The monoisotopic (exact) mass is 405 g/mol. The number of nitrogens with two attached hydrogens (primary N) is 1. The Bertz CT molecular complexity index is 1150. The van der Waals surface area contributed by atoms with E-state index in [0.29, 0.717) is 12.5 Å². The van der Waals surface area contributed by atoms with Gasteiger partial charge in [0.15, 0.2) is 0 Å². The van der Waals surface area contributed by atoms with Gasteiger partial charge in [-0.05, 0) is 59.8 Å². The Morgan fingerprint density at radius 2 is 2.03 bits per heavy atom. The summed E-state index contributed by atoms with van der Waals surface area (Å²) in [6, 6.07) is 17.4. The van der Waals surface area contributed by atoms with Crippen LogP contribution in [0.4, 0.5) is 21.9 Å². The first-order chi connectivity index (χ1) is 14.1. The number of rotatable bonds is 4. The van der Waals surface area contributed by atoms with Crippen molar-refractivity contribution in [3.05, 3.63) is 75.4 Å². The van der Waals surface area contributed by atoms with Crippen LogP contribution < -0.4 is 30.7 Å². The molecule has 0 unspecified atom stereocenters. The SMILES string of the molecule is CCc1cccc(NC(=O)N(C)c2ccc(N3CN=c4sccc4=C3N)cc2)c1. The lowest BCUT2D eigenvalue weighted by Crippen LogP contribution is -2.41. The molecule has 1 aliphatic rings. The summed E-state index contributed by atoms with van der Waals surface area (Å²) in [5, 5.41) is 5.91. The fraction of sp³-hybridized carbons (Fsp3) is 0.182. The minimum atomic E-state index is -0.187. The van der Waals surface area contributed by atoms with E-state index >= 15 is 0 Å². The molecule has 2 aromatic carbocycles. The van der Waals surface area contributed by atoms with Gasteiger partial charge < -0.3 is 16.0 Å². The van der Waals surface area contributed by atoms with E-state index in [1.165, 1.54) is 5.56 Å². The summed E-state index contributed by atoms with van der Waals surface area (Å²) in [6.45, 7) is 2.58. The van der Waals surface area contributed by atoms with Gasteiger partial charge in [-0.1, -0.05) is 19.1 Å². The van der Waals surface area contributed by atoms with Crippen molar-refractivity contribution in [3.8, 4) is 0 Å². The molecule has 4 rings (SSSR count). The summed E-state index contributed by atoms with van der Waals surface area (Å²) in [5.74, 6) is 0.700. The highest BCUT2D eigenvalue weighted by molar-refractivity contribution is 7.07.